The van der Waals surface area contributed by atoms with Crippen molar-refractivity contribution < 1.29 is 14.3 Å². The highest BCUT2D eigenvalue weighted by molar-refractivity contribution is 6.08. The molecule has 0 unspecified atom stereocenters. The van der Waals surface area contributed by atoms with Crippen LogP contribution < -0.4 is 14.4 Å². The molecule has 0 fully saturated rings. The Bertz CT molecular complexity index is 667. The molecular weight excluding hydrogens is 278 g/mol. The second kappa shape index (κ2) is 6.98. The van der Waals surface area contributed by atoms with Crippen molar-refractivity contribution in [3.63, 3.8) is 0 Å². The number of carbonyl (C=O) groups excluding carboxylic acids is 1. The van der Waals surface area contributed by atoms with E-state index in [1.165, 1.54) is 0 Å². The Morgan fingerprint density at radius 2 is 1.82 bits per heavy atom. The molecule has 116 valence electrons. The third-order valence-corrected chi connectivity index (χ3v) is 3.61. The van der Waals surface area contributed by atoms with Crippen molar-refractivity contribution in [2.75, 3.05) is 25.7 Å². The largest absolute Gasteiger partial charge is 0.497 e. The van der Waals surface area contributed by atoms with Crippen LogP contribution in [-0.4, -0.2) is 26.7 Å². The van der Waals surface area contributed by atoms with Crippen LogP contribution in [0.3, 0.4) is 0 Å². The van der Waals surface area contributed by atoms with Gasteiger partial charge in [-0.1, -0.05) is 18.2 Å². The van der Waals surface area contributed by atoms with Gasteiger partial charge in [0, 0.05) is 18.3 Å². The number of nitrogens with zero attached hydrogens (tertiary/aromatic N) is 1. The predicted molar refractivity (Wildman–Crippen MR) is 88.1 cm³/mol. The molecule has 0 N–H and O–H groups in total. The zero-order valence-electron chi connectivity index (χ0n) is 13.4. The Morgan fingerprint density at radius 1 is 1.09 bits per heavy atom. The van der Waals surface area contributed by atoms with Gasteiger partial charge < -0.3 is 14.4 Å². The van der Waals surface area contributed by atoms with Gasteiger partial charge in [0.15, 0.2) is 0 Å². The van der Waals surface area contributed by atoms with Gasteiger partial charge in [0.1, 0.15) is 11.5 Å². The summed E-state index contributed by atoms with van der Waals surface area (Å²) in [4.78, 5) is 14.7. The number of methoxy groups -OCH3 is 2. The molecule has 0 aliphatic carbocycles. The lowest BCUT2D eigenvalue weighted by Gasteiger charge is -2.24. The highest BCUT2D eigenvalue weighted by atomic mass is 16.5. The number of ether oxygens (including phenoxy) is 2. The van der Waals surface area contributed by atoms with Crippen molar-refractivity contribution in [3.8, 4) is 11.5 Å². The van der Waals surface area contributed by atoms with Crippen LogP contribution >= 0.6 is 0 Å². The number of hydrogen-bond acceptors (Lipinski definition) is 3. The lowest BCUT2D eigenvalue weighted by molar-refractivity contribution is 0.0985. The first kappa shape index (κ1) is 15.9. The van der Waals surface area contributed by atoms with Gasteiger partial charge >= 0.3 is 0 Å². The highest BCUT2D eigenvalue weighted by Gasteiger charge is 2.21. The van der Waals surface area contributed by atoms with Gasteiger partial charge in [-0.05, 0) is 37.6 Å². The van der Waals surface area contributed by atoms with E-state index in [1.54, 1.807) is 37.3 Å². The van der Waals surface area contributed by atoms with Crippen LogP contribution in [0.5, 0.6) is 11.5 Å². The lowest BCUT2D eigenvalue weighted by atomic mass is 10.1. The Kier molecular flexibility index (Phi) is 5.04. The van der Waals surface area contributed by atoms with Crippen molar-refractivity contribution in [2.24, 2.45) is 0 Å². The first-order valence-corrected chi connectivity index (χ1v) is 7.21. The summed E-state index contributed by atoms with van der Waals surface area (Å²) in [7, 11) is 3.14. The molecule has 0 saturated carbocycles. The number of anilines is 1. The van der Waals surface area contributed by atoms with E-state index in [0.717, 1.165) is 11.3 Å². The number of rotatable bonds is 5. The summed E-state index contributed by atoms with van der Waals surface area (Å²) >= 11 is 0. The summed E-state index contributed by atoms with van der Waals surface area (Å²) in [5, 5.41) is 0. The van der Waals surface area contributed by atoms with Crippen LogP contribution in [0.25, 0.3) is 0 Å². The summed E-state index contributed by atoms with van der Waals surface area (Å²) in [6, 6.07) is 13.1. The zero-order chi connectivity index (χ0) is 16.1. The topological polar surface area (TPSA) is 38.8 Å². The fourth-order valence-corrected chi connectivity index (χ4v) is 2.41. The van der Waals surface area contributed by atoms with Gasteiger partial charge in [-0.3, -0.25) is 4.79 Å². The Morgan fingerprint density at radius 3 is 2.41 bits per heavy atom. The molecule has 2 rings (SSSR count). The van der Waals surface area contributed by atoms with Gasteiger partial charge in [0.05, 0.1) is 19.8 Å². The molecule has 0 spiro atoms. The van der Waals surface area contributed by atoms with Crippen molar-refractivity contribution in [1.82, 2.24) is 0 Å². The van der Waals surface area contributed by atoms with E-state index < -0.39 is 0 Å². The van der Waals surface area contributed by atoms with Gasteiger partial charge in [-0.25, -0.2) is 0 Å². The standard InChI is InChI=1S/C18H21NO3/c1-5-19(16-9-7-6-8-13(16)2)18(20)15-11-10-14(21-3)12-17(15)22-4/h6-12H,5H2,1-4H3. The molecule has 0 aliphatic rings. The Hall–Kier alpha value is -2.49. The number of para-hydroxylation sites is 1. The number of benzene rings is 2. The number of amides is 1. The Labute approximate surface area is 131 Å². The van der Waals surface area contributed by atoms with Crippen molar-refractivity contribution in [2.45, 2.75) is 13.8 Å². The zero-order valence-corrected chi connectivity index (χ0v) is 13.4. The molecule has 22 heavy (non-hydrogen) atoms. The molecule has 0 atom stereocenters. The molecular formula is C18H21NO3. The smallest absolute Gasteiger partial charge is 0.262 e. The van der Waals surface area contributed by atoms with Crippen LogP contribution in [0.15, 0.2) is 42.5 Å². The first-order valence-electron chi connectivity index (χ1n) is 7.21. The van der Waals surface area contributed by atoms with Crippen LogP contribution in [0.4, 0.5) is 5.69 Å². The maximum absolute atomic E-state index is 12.9. The lowest BCUT2D eigenvalue weighted by Crippen LogP contribution is -2.31. The van der Waals surface area contributed by atoms with Crippen LogP contribution in [0, 0.1) is 6.92 Å². The fourth-order valence-electron chi connectivity index (χ4n) is 2.41. The normalized spacial score (nSPS) is 10.2. The fraction of sp³-hybridized carbons (Fsp3) is 0.278. The molecule has 0 heterocycles. The Balaban J connectivity index is 2.43. The molecule has 0 radical (unpaired) electrons. The van der Waals surface area contributed by atoms with Crippen molar-refractivity contribution in [3.05, 3.63) is 53.6 Å². The van der Waals surface area contributed by atoms with Crippen LogP contribution in [0.1, 0.15) is 22.8 Å². The number of aryl methyl sites for hydroxylation is 1. The van der Waals surface area contributed by atoms with E-state index in [2.05, 4.69) is 0 Å². The van der Waals surface area contributed by atoms with E-state index in [9.17, 15) is 4.79 Å². The van der Waals surface area contributed by atoms with E-state index in [4.69, 9.17) is 9.47 Å². The van der Waals surface area contributed by atoms with E-state index >= 15 is 0 Å². The van der Waals surface area contributed by atoms with Crippen molar-refractivity contribution in [1.29, 1.82) is 0 Å². The van der Waals surface area contributed by atoms with Crippen LogP contribution in [0.2, 0.25) is 0 Å². The van der Waals surface area contributed by atoms with E-state index in [0.29, 0.717) is 23.6 Å². The minimum absolute atomic E-state index is 0.0868. The third-order valence-electron chi connectivity index (χ3n) is 3.61. The third kappa shape index (κ3) is 3.06. The second-order valence-corrected chi connectivity index (χ2v) is 4.90. The van der Waals surface area contributed by atoms with E-state index in [-0.39, 0.29) is 5.91 Å². The number of carbonyl (C=O) groups is 1. The molecule has 0 bridgehead atoms. The van der Waals surface area contributed by atoms with E-state index in [1.807, 2.05) is 38.1 Å². The van der Waals surface area contributed by atoms with Gasteiger partial charge in [-0.15, -0.1) is 0 Å². The summed E-state index contributed by atoms with van der Waals surface area (Å²) in [5.74, 6) is 1.08. The van der Waals surface area contributed by atoms with Crippen molar-refractivity contribution >= 4 is 11.6 Å². The van der Waals surface area contributed by atoms with Gasteiger partial charge in [0.25, 0.3) is 5.91 Å². The molecule has 4 nitrogen and oxygen atoms in total. The summed E-state index contributed by atoms with van der Waals surface area (Å²) < 4.78 is 10.5. The molecule has 0 aliphatic heterocycles. The second-order valence-electron chi connectivity index (χ2n) is 4.90. The quantitative estimate of drug-likeness (QED) is 0.845. The molecule has 2 aromatic rings. The average Bonchev–Trinajstić information content (AvgIpc) is 2.56. The highest BCUT2D eigenvalue weighted by Crippen LogP contribution is 2.28. The minimum atomic E-state index is -0.0868. The average molecular weight is 299 g/mol. The number of hydrogen-bond donors (Lipinski definition) is 0. The molecule has 0 saturated heterocycles. The SMILES string of the molecule is CCN(C(=O)c1ccc(OC)cc1OC)c1ccccc1C. The predicted octanol–water partition coefficient (Wildman–Crippen LogP) is 3.68. The monoisotopic (exact) mass is 299 g/mol. The minimum Gasteiger partial charge on any atom is -0.497 e. The first-order chi connectivity index (χ1) is 10.6. The summed E-state index contributed by atoms with van der Waals surface area (Å²) in [5.41, 5.74) is 2.49. The van der Waals surface area contributed by atoms with Gasteiger partial charge in [-0.2, -0.15) is 0 Å². The van der Waals surface area contributed by atoms with Crippen LogP contribution in [-0.2, 0) is 0 Å². The molecule has 1 amide bonds. The maximum Gasteiger partial charge on any atom is 0.262 e. The summed E-state index contributed by atoms with van der Waals surface area (Å²) in [6.07, 6.45) is 0. The summed E-state index contributed by atoms with van der Waals surface area (Å²) in [6.45, 7) is 4.54. The maximum atomic E-state index is 12.9. The van der Waals surface area contributed by atoms with Gasteiger partial charge in [0.2, 0.25) is 0 Å². The molecule has 0 aromatic heterocycles. The molecule has 4 heteroatoms. The molecule has 2 aromatic carbocycles.